The lowest BCUT2D eigenvalue weighted by atomic mass is 9.89. The van der Waals surface area contributed by atoms with Crippen LogP contribution in [0.1, 0.15) is 43.0 Å². The number of Topliss-reactive ketones (excluding diaryl/α,β-unsaturated/α-hetero) is 1. The van der Waals surface area contributed by atoms with Gasteiger partial charge in [0.1, 0.15) is 5.82 Å². The minimum Gasteiger partial charge on any atom is -0.466 e. The molecule has 0 atom stereocenters. The van der Waals surface area contributed by atoms with Crippen molar-refractivity contribution in [1.82, 2.24) is 4.90 Å². The molecular formula is C18H24FNO3. The summed E-state index contributed by atoms with van der Waals surface area (Å²) in [7, 11) is 0. The van der Waals surface area contributed by atoms with Crippen LogP contribution in [-0.4, -0.2) is 42.9 Å². The summed E-state index contributed by atoms with van der Waals surface area (Å²) in [6.45, 7) is 4.81. The summed E-state index contributed by atoms with van der Waals surface area (Å²) in [6, 6.07) is 5.78. The fourth-order valence-corrected chi connectivity index (χ4v) is 2.95. The van der Waals surface area contributed by atoms with Gasteiger partial charge in [-0.2, -0.15) is 0 Å². The first kappa shape index (κ1) is 17.6. The van der Waals surface area contributed by atoms with Gasteiger partial charge in [-0.15, -0.1) is 0 Å². The molecule has 23 heavy (non-hydrogen) atoms. The summed E-state index contributed by atoms with van der Waals surface area (Å²) in [6.07, 6.45) is 2.86. The van der Waals surface area contributed by atoms with E-state index in [2.05, 4.69) is 4.90 Å². The predicted molar refractivity (Wildman–Crippen MR) is 85.8 cm³/mol. The van der Waals surface area contributed by atoms with Gasteiger partial charge in [-0.05, 0) is 70.1 Å². The van der Waals surface area contributed by atoms with Gasteiger partial charge in [-0.1, -0.05) is 0 Å². The van der Waals surface area contributed by atoms with E-state index in [9.17, 15) is 14.0 Å². The molecule has 1 saturated heterocycles. The first-order chi connectivity index (χ1) is 11.1. The van der Waals surface area contributed by atoms with Gasteiger partial charge in [-0.25, -0.2) is 4.39 Å². The van der Waals surface area contributed by atoms with Crippen LogP contribution in [0.3, 0.4) is 0 Å². The van der Waals surface area contributed by atoms with Gasteiger partial charge in [0.2, 0.25) is 0 Å². The van der Waals surface area contributed by atoms with Crippen molar-refractivity contribution in [2.75, 3.05) is 26.2 Å². The van der Waals surface area contributed by atoms with Crippen LogP contribution in [0.4, 0.5) is 4.39 Å². The second-order valence-electron chi connectivity index (χ2n) is 5.90. The van der Waals surface area contributed by atoms with Gasteiger partial charge < -0.3 is 9.64 Å². The molecule has 1 aliphatic rings. The van der Waals surface area contributed by atoms with Gasteiger partial charge in [0.15, 0.2) is 5.78 Å². The maximum atomic E-state index is 12.9. The highest BCUT2D eigenvalue weighted by Crippen LogP contribution is 2.22. The van der Waals surface area contributed by atoms with Crippen LogP contribution < -0.4 is 0 Å². The summed E-state index contributed by atoms with van der Waals surface area (Å²) in [5, 5.41) is 0. The zero-order chi connectivity index (χ0) is 16.7. The first-order valence-corrected chi connectivity index (χ1v) is 8.28. The molecule has 0 spiro atoms. The molecule has 0 saturated carbocycles. The number of esters is 1. The third kappa shape index (κ3) is 5.43. The molecule has 0 unspecified atom stereocenters. The number of ether oxygens (including phenoxy) is 1. The first-order valence-electron chi connectivity index (χ1n) is 8.28. The molecule has 4 nitrogen and oxygen atoms in total. The molecular weight excluding hydrogens is 297 g/mol. The Hall–Kier alpha value is -1.75. The fraction of sp³-hybridized carbons (Fsp3) is 0.556. The van der Waals surface area contributed by atoms with Crippen LogP contribution in [0, 0.1) is 11.7 Å². The number of halogens is 1. The van der Waals surface area contributed by atoms with Crippen LogP contribution in [0.5, 0.6) is 0 Å². The van der Waals surface area contributed by atoms with Gasteiger partial charge in [-0.3, -0.25) is 9.59 Å². The van der Waals surface area contributed by atoms with Crippen LogP contribution >= 0.6 is 0 Å². The van der Waals surface area contributed by atoms with Gasteiger partial charge in [0.25, 0.3) is 0 Å². The van der Waals surface area contributed by atoms with E-state index < -0.39 is 0 Å². The number of hydrogen-bond donors (Lipinski definition) is 0. The van der Waals surface area contributed by atoms with Crippen molar-refractivity contribution < 1.29 is 18.7 Å². The zero-order valence-electron chi connectivity index (χ0n) is 13.6. The van der Waals surface area contributed by atoms with E-state index in [0.717, 1.165) is 38.9 Å². The number of hydrogen-bond acceptors (Lipinski definition) is 4. The van der Waals surface area contributed by atoms with Crippen molar-refractivity contribution in [3.05, 3.63) is 35.6 Å². The Balaban J connectivity index is 1.72. The standard InChI is InChI=1S/C18H24FNO3/c1-2-23-17(21)4-3-11-20-12-9-15(10-13-20)18(22)14-5-7-16(19)8-6-14/h5-8,15H,2-4,9-13H2,1H3. The summed E-state index contributed by atoms with van der Waals surface area (Å²) >= 11 is 0. The monoisotopic (exact) mass is 321 g/mol. The molecule has 1 heterocycles. The highest BCUT2D eigenvalue weighted by molar-refractivity contribution is 5.97. The Bertz CT molecular complexity index is 522. The second kappa shape index (κ2) is 8.77. The Morgan fingerprint density at radius 1 is 1.22 bits per heavy atom. The molecule has 5 heteroatoms. The van der Waals surface area contributed by atoms with Gasteiger partial charge >= 0.3 is 5.97 Å². The SMILES string of the molecule is CCOC(=O)CCCN1CCC(C(=O)c2ccc(F)cc2)CC1. The summed E-state index contributed by atoms with van der Waals surface area (Å²) in [4.78, 5) is 26.0. The van der Waals surface area contributed by atoms with Crippen molar-refractivity contribution >= 4 is 11.8 Å². The second-order valence-corrected chi connectivity index (χ2v) is 5.90. The maximum Gasteiger partial charge on any atom is 0.305 e. The van der Waals surface area contributed by atoms with Gasteiger partial charge in [0.05, 0.1) is 6.61 Å². The number of nitrogens with zero attached hydrogens (tertiary/aromatic N) is 1. The van der Waals surface area contributed by atoms with E-state index in [1.165, 1.54) is 12.1 Å². The third-order valence-electron chi connectivity index (χ3n) is 4.25. The van der Waals surface area contributed by atoms with E-state index in [1.54, 1.807) is 19.1 Å². The molecule has 1 fully saturated rings. The van der Waals surface area contributed by atoms with Crippen LogP contribution in [0.2, 0.25) is 0 Å². The average molecular weight is 321 g/mol. The van der Waals surface area contributed by atoms with Crippen LogP contribution in [-0.2, 0) is 9.53 Å². The number of ketones is 1. The Morgan fingerprint density at radius 2 is 1.87 bits per heavy atom. The molecule has 126 valence electrons. The van der Waals surface area contributed by atoms with E-state index in [1.807, 2.05) is 0 Å². The molecule has 0 aromatic heterocycles. The number of benzene rings is 1. The minimum absolute atomic E-state index is 0.0155. The number of likely N-dealkylation sites (tertiary alicyclic amines) is 1. The largest absolute Gasteiger partial charge is 0.466 e. The van der Waals surface area contributed by atoms with E-state index in [-0.39, 0.29) is 23.5 Å². The topological polar surface area (TPSA) is 46.6 Å². The minimum atomic E-state index is -0.321. The third-order valence-corrected chi connectivity index (χ3v) is 4.25. The zero-order valence-corrected chi connectivity index (χ0v) is 13.6. The van der Waals surface area contributed by atoms with Crippen molar-refractivity contribution in [2.45, 2.75) is 32.6 Å². The average Bonchev–Trinajstić information content (AvgIpc) is 2.56. The van der Waals surface area contributed by atoms with Crippen molar-refractivity contribution in [1.29, 1.82) is 0 Å². The molecule has 0 amide bonds. The normalized spacial score (nSPS) is 16.3. The van der Waals surface area contributed by atoms with E-state index in [0.29, 0.717) is 18.6 Å². The van der Waals surface area contributed by atoms with Crippen LogP contribution in [0.25, 0.3) is 0 Å². The molecule has 2 rings (SSSR count). The number of carbonyl (C=O) groups is 2. The lowest BCUT2D eigenvalue weighted by Gasteiger charge is -2.31. The van der Waals surface area contributed by atoms with Crippen molar-refractivity contribution in [2.24, 2.45) is 5.92 Å². The molecule has 0 aliphatic carbocycles. The highest BCUT2D eigenvalue weighted by Gasteiger charge is 2.25. The molecule has 0 radical (unpaired) electrons. The Labute approximate surface area is 136 Å². The quantitative estimate of drug-likeness (QED) is 0.572. The molecule has 0 N–H and O–H groups in total. The molecule has 0 bridgehead atoms. The van der Waals surface area contributed by atoms with E-state index >= 15 is 0 Å². The summed E-state index contributed by atoms with van der Waals surface area (Å²) in [5.41, 5.74) is 0.590. The van der Waals surface area contributed by atoms with Crippen LogP contribution in [0.15, 0.2) is 24.3 Å². The highest BCUT2D eigenvalue weighted by atomic mass is 19.1. The number of rotatable bonds is 7. The van der Waals surface area contributed by atoms with Gasteiger partial charge in [0, 0.05) is 17.9 Å². The fourth-order valence-electron chi connectivity index (χ4n) is 2.95. The lowest BCUT2D eigenvalue weighted by Crippen LogP contribution is -2.37. The number of piperidine rings is 1. The smallest absolute Gasteiger partial charge is 0.305 e. The maximum absolute atomic E-state index is 12.9. The van der Waals surface area contributed by atoms with Crippen molar-refractivity contribution in [3.8, 4) is 0 Å². The molecule has 1 aliphatic heterocycles. The molecule has 1 aromatic rings. The summed E-state index contributed by atoms with van der Waals surface area (Å²) in [5.74, 6) is -0.343. The summed E-state index contributed by atoms with van der Waals surface area (Å²) < 4.78 is 17.8. The Morgan fingerprint density at radius 3 is 2.48 bits per heavy atom. The van der Waals surface area contributed by atoms with E-state index in [4.69, 9.17) is 4.74 Å². The Kier molecular flexibility index (Phi) is 6.71. The number of carbonyl (C=O) groups excluding carboxylic acids is 2. The van der Waals surface area contributed by atoms with Crippen molar-refractivity contribution in [3.63, 3.8) is 0 Å². The predicted octanol–water partition coefficient (Wildman–Crippen LogP) is 3.06. The molecule has 1 aromatic carbocycles. The lowest BCUT2D eigenvalue weighted by molar-refractivity contribution is -0.143.